The van der Waals surface area contributed by atoms with E-state index < -0.39 is 18.1 Å². The number of carbonyl (C=O) groups is 2. The van der Waals surface area contributed by atoms with Crippen LogP contribution in [0.5, 0.6) is 0 Å². The van der Waals surface area contributed by atoms with Crippen molar-refractivity contribution in [2.24, 2.45) is 0 Å². The van der Waals surface area contributed by atoms with Crippen molar-refractivity contribution in [2.75, 3.05) is 26.2 Å². The number of hydrogen-bond donors (Lipinski definition) is 1. The zero-order chi connectivity index (χ0) is 14.5. The van der Waals surface area contributed by atoms with Crippen LogP contribution < -0.4 is 0 Å². The van der Waals surface area contributed by atoms with Gasteiger partial charge in [-0.15, -0.1) is 0 Å². The molecule has 2 fully saturated rings. The topological polar surface area (TPSA) is 93.9 Å². The van der Waals surface area contributed by atoms with Crippen molar-refractivity contribution in [3.63, 3.8) is 0 Å². The van der Waals surface area contributed by atoms with Crippen molar-refractivity contribution in [1.29, 1.82) is 5.26 Å². The number of nitriles is 1. The number of likely N-dealkylation sites (tertiary alicyclic amines) is 1. The first-order valence-corrected chi connectivity index (χ1v) is 6.93. The fourth-order valence-electron chi connectivity index (χ4n) is 2.68. The number of morpholine rings is 1. The van der Waals surface area contributed by atoms with Gasteiger partial charge in [0.15, 0.2) is 6.10 Å². The molecular weight excluding hydrogens is 262 g/mol. The van der Waals surface area contributed by atoms with E-state index >= 15 is 0 Å². The zero-order valence-corrected chi connectivity index (χ0v) is 11.3. The van der Waals surface area contributed by atoms with E-state index in [1.807, 2.05) is 6.07 Å². The van der Waals surface area contributed by atoms with Crippen LogP contribution in [0, 0.1) is 11.3 Å². The molecule has 1 N–H and O–H groups in total. The van der Waals surface area contributed by atoms with E-state index in [0.717, 1.165) is 19.3 Å². The molecule has 0 aromatic heterocycles. The van der Waals surface area contributed by atoms with Gasteiger partial charge in [0, 0.05) is 13.1 Å². The van der Waals surface area contributed by atoms with E-state index in [2.05, 4.69) is 0 Å². The third kappa shape index (κ3) is 3.20. The number of rotatable bonds is 1. The molecule has 0 saturated carbocycles. The molecule has 7 heteroatoms. The van der Waals surface area contributed by atoms with Crippen LogP contribution in [-0.4, -0.2) is 65.3 Å². The average molecular weight is 281 g/mol. The highest BCUT2D eigenvalue weighted by Crippen LogP contribution is 2.19. The SMILES string of the molecule is N#CC1CN(C(=O)N2CCCCCC2C(=O)O)CCO1. The summed E-state index contributed by atoms with van der Waals surface area (Å²) in [5, 5.41) is 18.2. The van der Waals surface area contributed by atoms with Gasteiger partial charge in [-0.05, 0) is 12.8 Å². The van der Waals surface area contributed by atoms with Crippen LogP contribution in [-0.2, 0) is 9.53 Å². The summed E-state index contributed by atoms with van der Waals surface area (Å²) in [6.45, 7) is 1.39. The number of carboxylic acids is 1. The molecule has 2 amide bonds. The van der Waals surface area contributed by atoms with Crippen LogP contribution in [0.1, 0.15) is 25.7 Å². The van der Waals surface area contributed by atoms with Gasteiger partial charge in [0.05, 0.1) is 19.2 Å². The summed E-state index contributed by atoms with van der Waals surface area (Å²) < 4.78 is 5.20. The molecule has 0 aromatic rings. The number of nitrogens with zero attached hydrogens (tertiary/aromatic N) is 3. The maximum absolute atomic E-state index is 12.5. The number of urea groups is 1. The fourth-order valence-corrected chi connectivity index (χ4v) is 2.68. The Labute approximate surface area is 117 Å². The maximum atomic E-state index is 12.5. The summed E-state index contributed by atoms with van der Waals surface area (Å²) in [7, 11) is 0. The molecule has 20 heavy (non-hydrogen) atoms. The Morgan fingerprint density at radius 3 is 2.75 bits per heavy atom. The largest absolute Gasteiger partial charge is 0.480 e. The molecule has 0 radical (unpaired) electrons. The first-order valence-electron chi connectivity index (χ1n) is 6.93. The van der Waals surface area contributed by atoms with Crippen molar-refractivity contribution in [2.45, 2.75) is 37.8 Å². The summed E-state index contributed by atoms with van der Waals surface area (Å²) >= 11 is 0. The van der Waals surface area contributed by atoms with Crippen LogP contribution in [0.15, 0.2) is 0 Å². The average Bonchev–Trinajstić information content (AvgIpc) is 2.72. The number of ether oxygens (including phenoxy) is 1. The van der Waals surface area contributed by atoms with E-state index in [1.54, 1.807) is 0 Å². The van der Waals surface area contributed by atoms with Gasteiger partial charge in [0.1, 0.15) is 6.04 Å². The Kier molecular flexibility index (Phi) is 4.79. The highest BCUT2D eigenvalue weighted by molar-refractivity contribution is 5.83. The second-order valence-corrected chi connectivity index (χ2v) is 5.11. The van der Waals surface area contributed by atoms with Gasteiger partial charge in [-0.3, -0.25) is 0 Å². The van der Waals surface area contributed by atoms with E-state index in [0.29, 0.717) is 26.1 Å². The molecule has 2 aliphatic heterocycles. The number of carbonyl (C=O) groups excluding carboxylic acids is 1. The Hall–Kier alpha value is -1.81. The Morgan fingerprint density at radius 1 is 1.25 bits per heavy atom. The predicted octanol–water partition coefficient (Wildman–Crippen LogP) is 0.660. The standard InChI is InChI=1S/C13H19N3O4/c14-8-10-9-15(6-7-20-10)13(19)16-5-3-1-2-4-11(16)12(17)18/h10-11H,1-7,9H2,(H,17,18). The van der Waals surface area contributed by atoms with E-state index in [1.165, 1.54) is 9.80 Å². The molecular formula is C13H19N3O4. The first kappa shape index (κ1) is 14.6. The molecule has 2 atom stereocenters. The lowest BCUT2D eigenvalue weighted by molar-refractivity contribution is -0.142. The Morgan fingerprint density at radius 2 is 2.05 bits per heavy atom. The van der Waals surface area contributed by atoms with E-state index in [4.69, 9.17) is 10.00 Å². The van der Waals surface area contributed by atoms with Crippen LogP contribution in [0.2, 0.25) is 0 Å². The third-order valence-corrected chi connectivity index (χ3v) is 3.76. The molecule has 0 spiro atoms. The fraction of sp³-hybridized carbons (Fsp3) is 0.769. The van der Waals surface area contributed by atoms with Gasteiger partial charge >= 0.3 is 12.0 Å². The van der Waals surface area contributed by atoms with Gasteiger partial charge in [-0.25, -0.2) is 9.59 Å². The summed E-state index contributed by atoms with van der Waals surface area (Å²) in [6.07, 6.45) is 2.46. The van der Waals surface area contributed by atoms with Gasteiger partial charge in [-0.2, -0.15) is 5.26 Å². The molecule has 2 rings (SSSR count). The van der Waals surface area contributed by atoms with Crippen LogP contribution >= 0.6 is 0 Å². The second kappa shape index (κ2) is 6.57. The first-order chi connectivity index (χ1) is 9.63. The molecule has 0 aliphatic carbocycles. The lowest BCUT2D eigenvalue weighted by Crippen LogP contribution is -2.55. The lowest BCUT2D eigenvalue weighted by atomic mass is 10.1. The molecule has 2 unspecified atom stereocenters. The molecule has 0 bridgehead atoms. The summed E-state index contributed by atoms with van der Waals surface area (Å²) in [6, 6.07) is 0.942. The molecule has 2 aliphatic rings. The van der Waals surface area contributed by atoms with Gasteiger partial charge in [0.25, 0.3) is 0 Å². The lowest BCUT2D eigenvalue weighted by Gasteiger charge is -2.36. The van der Waals surface area contributed by atoms with Crippen molar-refractivity contribution in [1.82, 2.24) is 9.80 Å². The minimum Gasteiger partial charge on any atom is -0.480 e. The Bertz CT molecular complexity index is 420. The normalized spacial score (nSPS) is 27.6. The minimum absolute atomic E-state index is 0.207. The van der Waals surface area contributed by atoms with Gasteiger partial charge < -0.3 is 19.6 Å². The van der Waals surface area contributed by atoms with Crippen LogP contribution in [0.4, 0.5) is 4.79 Å². The third-order valence-electron chi connectivity index (χ3n) is 3.76. The predicted molar refractivity (Wildman–Crippen MR) is 68.9 cm³/mol. The molecule has 110 valence electrons. The van der Waals surface area contributed by atoms with Crippen molar-refractivity contribution < 1.29 is 19.4 Å². The summed E-state index contributed by atoms with van der Waals surface area (Å²) in [5.41, 5.74) is 0. The highest BCUT2D eigenvalue weighted by atomic mass is 16.5. The number of carboxylic acid groups (broad SMARTS) is 1. The Balaban J connectivity index is 2.08. The van der Waals surface area contributed by atoms with Crippen molar-refractivity contribution in [3.8, 4) is 6.07 Å². The summed E-state index contributed by atoms with van der Waals surface area (Å²) in [4.78, 5) is 26.8. The number of amides is 2. The highest BCUT2D eigenvalue weighted by Gasteiger charge is 2.35. The monoisotopic (exact) mass is 281 g/mol. The van der Waals surface area contributed by atoms with E-state index in [-0.39, 0.29) is 12.6 Å². The zero-order valence-electron chi connectivity index (χ0n) is 11.3. The quantitative estimate of drug-likeness (QED) is 0.762. The molecule has 0 aromatic carbocycles. The van der Waals surface area contributed by atoms with Crippen LogP contribution in [0.3, 0.4) is 0 Å². The van der Waals surface area contributed by atoms with Crippen molar-refractivity contribution in [3.05, 3.63) is 0 Å². The molecule has 7 nitrogen and oxygen atoms in total. The second-order valence-electron chi connectivity index (χ2n) is 5.11. The summed E-state index contributed by atoms with van der Waals surface area (Å²) in [5.74, 6) is -0.953. The maximum Gasteiger partial charge on any atom is 0.326 e. The number of aliphatic carboxylic acids is 1. The molecule has 2 heterocycles. The number of hydrogen-bond acceptors (Lipinski definition) is 4. The smallest absolute Gasteiger partial charge is 0.326 e. The molecule has 2 saturated heterocycles. The van der Waals surface area contributed by atoms with Crippen molar-refractivity contribution >= 4 is 12.0 Å². The van der Waals surface area contributed by atoms with Crippen LogP contribution in [0.25, 0.3) is 0 Å². The van der Waals surface area contributed by atoms with E-state index in [9.17, 15) is 14.7 Å². The van der Waals surface area contributed by atoms with Gasteiger partial charge in [-0.1, -0.05) is 12.8 Å². The minimum atomic E-state index is -0.953. The van der Waals surface area contributed by atoms with Gasteiger partial charge in [0.2, 0.25) is 0 Å².